The minimum atomic E-state index is -0.421. The zero-order valence-corrected chi connectivity index (χ0v) is 15.4. The van der Waals surface area contributed by atoms with Gasteiger partial charge in [0.1, 0.15) is 24.7 Å². The Hall–Kier alpha value is -3.12. The van der Waals surface area contributed by atoms with Gasteiger partial charge in [-0.1, -0.05) is 35.5 Å². The monoisotopic (exact) mass is 379 g/mol. The molecule has 2 aromatic carbocycles. The van der Waals surface area contributed by atoms with Gasteiger partial charge in [0.05, 0.1) is 11.7 Å². The van der Waals surface area contributed by atoms with Crippen molar-refractivity contribution in [3.63, 3.8) is 0 Å². The van der Waals surface area contributed by atoms with E-state index in [4.69, 9.17) is 18.7 Å². The van der Waals surface area contributed by atoms with Gasteiger partial charge in [0, 0.05) is 18.2 Å². The van der Waals surface area contributed by atoms with Crippen LogP contribution in [0.15, 0.2) is 65.2 Å². The molecule has 1 aliphatic rings. The molecule has 0 N–H and O–H groups in total. The molecule has 28 heavy (non-hydrogen) atoms. The van der Waals surface area contributed by atoms with Gasteiger partial charge >= 0.3 is 5.97 Å². The first-order chi connectivity index (χ1) is 13.8. The van der Waals surface area contributed by atoms with Gasteiger partial charge in [-0.25, -0.2) is 4.79 Å². The first-order valence-electron chi connectivity index (χ1n) is 9.30. The van der Waals surface area contributed by atoms with Crippen molar-refractivity contribution in [3.05, 3.63) is 71.9 Å². The zero-order chi connectivity index (χ0) is 19.2. The zero-order valence-electron chi connectivity index (χ0n) is 15.4. The highest BCUT2D eigenvalue weighted by Crippen LogP contribution is 2.21. The van der Waals surface area contributed by atoms with Gasteiger partial charge < -0.3 is 18.7 Å². The van der Waals surface area contributed by atoms with Gasteiger partial charge in [-0.15, -0.1) is 0 Å². The maximum atomic E-state index is 12.2. The van der Waals surface area contributed by atoms with Crippen molar-refractivity contribution in [2.45, 2.75) is 25.6 Å². The molecule has 6 heteroatoms. The van der Waals surface area contributed by atoms with Crippen LogP contribution in [-0.2, 0) is 16.1 Å². The Bertz CT molecular complexity index is 898. The van der Waals surface area contributed by atoms with Gasteiger partial charge in [0.25, 0.3) is 0 Å². The van der Waals surface area contributed by atoms with Gasteiger partial charge in [-0.2, -0.15) is 0 Å². The van der Waals surface area contributed by atoms with Gasteiger partial charge in [0.2, 0.25) is 0 Å². The van der Waals surface area contributed by atoms with E-state index in [2.05, 4.69) is 5.16 Å². The molecule has 144 valence electrons. The number of ether oxygens (including phenoxy) is 3. The van der Waals surface area contributed by atoms with E-state index in [1.54, 1.807) is 30.3 Å². The highest BCUT2D eigenvalue weighted by atomic mass is 16.5. The van der Waals surface area contributed by atoms with E-state index in [1.807, 2.05) is 30.3 Å². The summed E-state index contributed by atoms with van der Waals surface area (Å²) in [6, 6.07) is 18.3. The fraction of sp³-hybridized carbons (Fsp3) is 0.273. The fourth-order valence-electron chi connectivity index (χ4n) is 2.99. The summed E-state index contributed by atoms with van der Waals surface area (Å²) >= 11 is 0. The largest absolute Gasteiger partial charge is 0.491 e. The summed E-state index contributed by atoms with van der Waals surface area (Å²) < 4.78 is 21.9. The highest BCUT2D eigenvalue weighted by molar-refractivity contribution is 5.89. The summed E-state index contributed by atoms with van der Waals surface area (Å²) in [6.07, 6.45) is 2.27. The summed E-state index contributed by atoms with van der Waals surface area (Å²) in [5.41, 5.74) is 1.94. The first-order valence-corrected chi connectivity index (χ1v) is 9.30. The Labute approximate surface area is 163 Å². The van der Waals surface area contributed by atoms with Crippen LogP contribution in [0.25, 0.3) is 11.3 Å². The third kappa shape index (κ3) is 4.58. The number of hydrogen-bond donors (Lipinski definition) is 0. The normalized spacial score (nSPS) is 16.1. The third-order valence-electron chi connectivity index (χ3n) is 4.52. The first kappa shape index (κ1) is 18.3. The Morgan fingerprint density at radius 2 is 1.93 bits per heavy atom. The molecular formula is C22H21NO5. The average Bonchev–Trinajstić information content (AvgIpc) is 3.44. The van der Waals surface area contributed by atoms with Crippen molar-refractivity contribution in [2.24, 2.45) is 0 Å². The van der Waals surface area contributed by atoms with E-state index in [9.17, 15) is 4.79 Å². The van der Waals surface area contributed by atoms with Crippen LogP contribution in [0.5, 0.6) is 5.75 Å². The maximum Gasteiger partial charge on any atom is 0.338 e. The van der Waals surface area contributed by atoms with Crippen LogP contribution < -0.4 is 4.74 Å². The molecule has 1 aromatic heterocycles. The average molecular weight is 379 g/mol. The Morgan fingerprint density at radius 1 is 1.11 bits per heavy atom. The second-order valence-electron chi connectivity index (χ2n) is 6.60. The van der Waals surface area contributed by atoms with Crippen molar-refractivity contribution >= 4 is 5.97 Å². The number of aromatic nitrogens is 1. The topological polar surface area (TPSA) is 70.8 Å². The van der Waals surface area contributed by atoms with Crippen LogP contribution in [0.4, 0.5) is 0 Å². The number of nitrogens with zero attached hydrogens (tertiary/aromatic N) is 1. The number of hydrogen-bond acceptors (Lipinski definition) is 6. The van der Waals surface area contributed by atoms with Gasteiger partial charge in [0.15, 0.2) is 5.76 Å². The quantitative estimate of drug-likeness (QED) is 0.572. The number of carbonyl (C=O) groups excluding carboxylic acids is 1. The van der Waals surface area contributed by atoms with Crippen molar-refractivity contribution < 1.29 is 23.5 Å². The Kier molecular flexibility index (Phi) is 5.68. The smallest absolute Gasteiger partial charge is 0.338 e. The van der Waals surface area contributed by atoms with Gasteiger partial charge in [-0.3, -0.25) is 0 Å². The molecule has 1 saturated heterocycles. The third-order valence-corrected chi connectivity index (χ3v) is 4.52. The fourth-order valence-corrected chi connectivity index (χ4v) is 2.99. The molecule has 1 fully saturated rings. The van der Waals surface area contributed by atoms with Crippen LogP contribution in [0.3, 0.4) is 0 Å². The Balaban J connectivity index is 1.28. The molecule has 0 saturated carbocycles. The molecule has 6 nitrogen and oxygen atoms in total. The summed E-state index contributed by atoms with van der Waals surface area (Å²) in [4.78, 5) is 12.2. The lowest BCUT2D eigenvalue weighted by Crippen LogP contribution is -2.16. The molecule has 0 aliphatic carbocycles. The van der Waals surface area contributed by atoms with E-state index in [1.165, 1.54) is 0 Å². The number of benzene rings is 2. The molecule has 0 radical (unpaired) electrons. The van der Waals surface area contributed by atoms with E-state index >= 15 is 0 Å². The SMILES string of the molecule is O=C(OCc1cc(-c2ccccc2)on1)c1ccc(OCC2CCCO2)cc1. The van der Waals surface area contributed by atoms with Gasteiger partial charge in [-0.05, 0) is 37.1 Å². The summed E-state index contributed by atoms with van der Waals surface area (Å²) in [5.74, 6) is 0.922. The molecule has 1 aliphatic heterocycles. The van der Waals surface area contributed by atoms with Crippen molar-refractivity contribution in [2.75, 3.05) is 13.2 Å². The second kappa shape index (κ2) is 8.71. The van der Waals surface area contributed by atoms with Crippen LogP contribution in [0, 0.1) is 0 Å². The highest BCUT2D eigenvalue weighted by Gasteiger charge is 2.16. The number of esters is 1. The van der Waals surface area contributed by atoms with Crippen LogP contribution in [0.1, 0.15) is 28.9 Å². The van der Waals surface area contributed by atoms with Crippen LogP contribution in [0.2, 0.25) is 0 Å². The second-order valence-corrected chi connectivity index (χ2v) is 6.60. The molecule has 0 amide bonds. The minimum Gasteiger partial charge on any atom is -0.491 e. The van der Waals surface area contributed by atoms with E-state index in [0.717, 1.165) is 25.0 Å². The molecule has 2 heterocycles. The lowest BCUT2D eigenvalue weighted by atomic mass is 10.2. The molecule has 0 spiro atoms. The van der Waals surface area contributed by atoms with Crippen LogP contribution in [-0.4, -0.2) is 30.4 Å². The van der Waals surface area contributed by atoms with Crippen LogP contribution >= 0.6 is 0 Å². The standard InChI is InChI=1S/C22H21NO5/c24-22(17-8-10-19(11-9-17)26-15-20-7-4-12-25-20)27-14-18-13-21(28-23-18)16-5-2-1-3-6-16/h1-3,5-6,8-11,13,20H,4,7,12,14-15H2. The molecule has 3 aromatic rings. The molecular weight excluding hydrogens is 358 g/mol. The number of carbonyl (C=O) groups is 1. The summed E-state index contributed by atoms with van der Waals surface area (Å²) in [7, 11) is 0. The maximum absolute atomic E-state index is 12.2. The predicted molar refractivity (Wildman–Crippen MR) is 102 cm³/mol. The lowest BCUT2D eigenvalue weighted by molar-refractivity contribution is 0.0464. The number of rotatable bonds is 7. The van der Waals surface area contributed by atoms with E-state index < -0.39 is 5.97 Å². The lowest BCUT2D eigenvalue weighted by Gasteiger charge is -2.11. The minimum absolute atomic E-state index is 0.0481. The van der Waals surface area contributed by atoms with E-state index in [-0.39, 0.29) is 12.7 Å². The predicted octanol–water partition coefficient (Wildman–Crippen LogP) is 4.26. The van der Waals surface area contributed by atoms with Crippen molar-refractivity contribution in [1.29, 1.82) is 0 Å². The van der Waals surface area contributed by atoms with E-state index in [0.29, 0.717) is 29.4 Å². The summed E-state index contributed by atoms with van der Waals surface area (Å²) in [6.45, 7) is 1.38. The van der Waals surface area contributed by atoms with Crippen molar-refractivity contribution in [3.8, 4) is 17.1 Å². The summed E-state index contributed by atoms with van der Waals surface area (Å²) in [5, 5.41) is 3.95. The van der Waals surface area contributed by atoms with Crippen molar-refractivity contribution in [1.82, 2.24) is 5.16 Å². The Morgan fingerprint density at radius 3 is 2.68 bits per heavy atom. The molecule has 1 atom stereocenters. The molecule has 4 rings (SSSR count). The molecule has 1 unspecified atom stereocenters. The molecule has 0 bridgehead atoms.